The SMILES string of the molecule is C.O=C1/C(=C/c2ccc(O)cc2)Oc2ccccc21. The fraction of sp³-hybridized carbons (Fsp3) is 0.0625. The number of carbonyl (C=O) groups excluding carboxylic acids is 1. The number of phenolic OH excluding ortho intramolecular Hbond substituents is 1. The minimum absolute atomic E-state index is 0. The molecule has 0 aliphatic carbocycles. The van der Waals surface area contributed by atoms with Crippen molar-refractivity contribution in [2.24, 2.45) is 0 Å². The Hall–Kier alpha value is -2.55. The Balaban J connectivity index is 0.00000133. The van der Waals surface area contributed by atoms with Gasteiger partial charge in [0.2, 0.25) is 5.78 Å². The van der Waals surface area contributed by atoms with Gasteiger partial charge in [0, 0.05) is 0 Å². The Bertz CT molecular complexity index is 639. The van der Waals surface area contributed by atoms with Gasteiger partial charge in [-0.05, 0) is 35.9 Å². The van der Waals surface area contributed by atoms with E-state index in [9.17, 15) is 9.90 Å². The van der Waals surface area contributed by atoms with Crippen LogP contribution in [0.15, 0.2) is 54.3 Å². The molecule has 3 nitrogen and oxygen atoms in total. The topological polar surface area (TPSA) is 46.5 Å². The van der Waals surface area contributed by atoms with Crippen molar-refractivity contribution in [2.75, 3.05) is 0 Å². The van der Waals surface area contributed by atoms with Crippen molar-refractivity contribution in [3.8, 4) is 11.5 Å². The lowest BCUT2D eigenvalue weighted by Crippen LogP contribution is -1.97. The number of ether oxygens (including phenoxy) is 1. The summed E-state index contributed by atoms with van der Waals surface area (Å²) in [5.41, 5.74) is 1.39. The number of carbonyl (C=O) groups is 1. The molecule has 0 radical (unpaired) electrons. The second-order valence-electron chi connectivity index (χ2n) is 4.03. The minimum Gasteiger partial charge on any atom is -0.508 e. The van der Waals surface area contributed by atoms with Crippen LogP contribution in [-0.4, -0.2) is 10.9 Å². The first-order valence-electron chi connectivity index (χ1n) is 5.56. The molecule has 1 heterocycles. The molecule has 0 aromatic heterocycles. The molecule has 1 aliphatic rings. The maximum Gasteiger partial charge on any atom is 0.231 e. The molecule has 0 atom stereocenters. The number of hydrogen-bond acceptors (Lipinski definition) is 3. The van der Waals surface area contributed by atoms with Gasteiger partial charge in [-0.15, -0.1) is 0 Å². The largest absolute Gasteiger partial charge is 0.508 e. The Labute approximate surface area is 111 Å². The van der Waals surface area contributed by atoms with Crippen molar-refractivity contribution in [1.82, 2.24) is 0 Å². The first-order valence-corrected chi connectivity index (χ1v) is 5.56. The molecule has 19 heavy (non-hydrogen) atoms. The molecule has 1 aliphatic heterocycles. The second-order valence-corrected chi connectivity index (χ2v) is 4.03. The van der Waals surface area contributed by atoms with Crippen LogP contribution in [0.2, 0.25) is 0 Å². The fourth-order valence-electron chi connectivity index (χ4n) is 1.86. The van der Waals surface area contributed by atoms with Crippen LogP contribution in [0.25, 0.3) is 6.08 Å². The lowest BCUT2D eigenvalue weighted by atomic mass is 10.1. The van der Waals surface area contributed by atoms with Crippen molar-refractivity contribution in [2.45, 2.75) is 7.43 Å². The molecule has 0 unspecified atom stereocenters. The third-order valence-corrected chi connectivity index (χ3v) is 2.77. The summed E-state index contributed by atoms with van der Waals surface area (Å²) in [6.45, 7) is 0. The molecule has 96 valence electrons. The molecule has 2 aromatic carbocycles. The zero-order valence-corrected chi connectivity index (χ0v) is 9.46. The maximum atomic E-state index is 12.0. The van der Waals surface area contributed by atoms with Gasteiger partial charge in [0.25, 0.3) is 0 Å². The third kappa shape index (κ3) is 2.36. The van der Waals surface area contributed by atoms with Crippen LogP contribution in [0.4, 0.5) is 0 Å². The number of rotatable bonds is 1. The van der Waals surface area contributed by atoms with E-state index >= 15 is 0 Å². The second kappa shape index (κ2) is 4.98. The monoisotopic (exact) mass is 254 g/mol. The van der Waals surface area contributed by atoms with Crippen LogP contribution >= 0.6 is 0 Å². The van der Waals surface area contributed by atoms with Gasteiger partial charge >= 0.3 is 0 Å². The number of fused-ring (bicyclic) bond motifs is 1. The molecule has 3 rings (SSSR count). The number of ketones is 1. The van der Waals surface area contributed by atoms with Crippen molar-refractivity contribution >= 4 is 11.9 Å². The number of Topliss-reactive ketones (excluding diaryl/α,β-unsaturated/α-hetero) is 1. The quantitative estimate of drug-likeness (QED) is 0.790. The minimum atomic E-state index is -0.112. The smallest absolute Gasteiger partial charge is 0.231 e. The zero-order chi connectivity index (χ0) is 12.5. The van der Waals surface area contributed by atoms with E-state index in [1.54, 1.807) is 42.5 Å². The molecule has 0 saturated heterocycles. The lowest BCUT2D eigenvalue weighted by Gasteiger charge is -1.98. The summed E-state index contributed by atoms with van der Waals surface area (Å²) in [6.07, 6.45) is 1.67. The molecule has 0 spiro atoms. The van der Waals surface area contributed by atoms with E-state index in [0.29, 0.717) is 17.1 Å². The molecule has 1 N–H and O–H groups in total. The molecule has 3 heteroatoms. The van der Waals surface area contributed by atoms with Gasteiger partial charge in [-0.2, -0.15) is 0 Å². The number of allylic oxidation sites excluding steroid dienone is 1. The predicted molar refractivity (Wildman–Crippen MR) is 74.2 cm³/mol. The van der Waals surface area contributed by atoms with Gasteiger partial charge < -0.3 is 9.84 Å². The highest BCUT2D eigenvalue weighted by atomic mass is 16.5. The first-order chi connectivity index (χ1) is 8.74. The Morgan fingerprint density at radius 3 is 2.37 bits per heavy atom. The Morgan fingerprint density at radius 1 is 1.00 bits per heavy atom. The summed E-state index contributed by atoms with van der Waals surface area (Å²) in [4.78, 5) is 12.0. The van der Waals surface area contributed by atoms with Crippen LogP contribution in [0.1, 0.15) is 23.3 Å². The number of hydrogen-bond donors (Lipinski definition) is 1. The van der Waals surface area contributed by atoms with Crippen LogP contribution in [0.5, 0.6) is 11.5 Å². The van der Waals surface area contributed by atoms with Crippen molar-refractivity contribution in [3.63, 3.8) is 0 Å². The molecule has 0 bridgehead atoms. The van der Waals surface area contributed by atoms with E-state index in [1.165, 1.54) is 0 Å². The van der Waals surface area contributed by atoms with Crippen molar-refractivity contribution < 1.29 is 14.6 Å². The standard InChI is InChI=1S/C15H10O3.CH4/c16-11-7-5-10(6-8-11)9-14-15(17)12-3-1-2-4-13(12)18-14;/h1-9,16H;1H4/b14-9-;. The summed E-state index contributed by atoms with van der Waals surface area (Å²) >= 11 is 0. The van der Waals surface area contributed by atoms with Gasteiger partial charge in [0.15, 0.2) is 5.76 Å². The van der Waals surface area contributed by atoms with Gasteiger partial charge in [-0.1, -0.05) is 31.7 Å². The number of aromatic hydroxyl groups is 1. The Morgan fingerprint density at radius 2 is 1.68 bits per heavy atom. The van der Waals surface area contributed by atoms with E-state index in [1.807, 2.05) is 12.1 Å². The highest BCUT2D eigenvalue weighted by Crippen LogP contribution is 2.31. The van der Waals surface area contributed by atoms with Crippen molar-refractivity contribution in [3.05, 3.63) is 65.4 Å². The van der Waals surface area contributed by atoms with E-state index in [0.717, 1.165) is 5.56 Å². The molecule has 0 saturated carbocycles. The highest BCUT2D eigenvalue weighted by molar-refractivity contribution is 6.14. The highest BCUT2D eigenvalue weighted by Gasteiger charge is 2.26. The summed E-state index contributed by atoms with van der Waals surface area (Å²) in [7, 11) is 0. The van der Waals surface area contributed by atoms with Crippen LogP contribution < -0.4 is 4.74 Å². The molecule has 0 amide bonds. The summed E-state index contributed by atoms with van der Waals surface area (Å²) < 4.78 is 5.50. The summed E-state index contributed by atoms with van der Waals surface area (Å²) in [6, 6.07) is 13.7. The van der Waals surface area contributed by atoms with E-state index in [4.69, 9.17) is 4.74 Å². The average Bonchev–Trinajstić information content (AvgIpc) is 2.70. The lowest BCUT2D eigenvalue weighted by molar-refractivity contribution is 0.101. The zero-order valence-electron chi connectivity index (χ0n) is 9.46. The van der Waals surface area contributed by atoms with Crippen LogP contribution in [0, 0.1) is 0 Å². The predicted octanol–water partition coefficient (Wildman–Crippen LogP) is 3.64. The molecule has 0 fully saturated rings. The van der Waals surface area contributed by atoms with Crippen LogP contribution in [0.3, 0.4) is 0 Å². The van der Waals surface area contributed by atoms with Gasteiger partial charge in [-0.25, -0.2) is 0 Å². The fourth-order valence-corrected chi connectivity index (χ4v) is 1.86. The summed E-state index contributed by atoms with van der Waals surface area (Å²) in [5, 5.41) is 9.19. The average molecular weight is 254 g/mol. The van der Waals surface area contributed by atoms with E-state index in [2.05, 4.69) is 0 Å². The number of phenols is 1. The maximum absolute atomic E-state index is 12.0. The number of para-hydroxylation sites is 1. The Kier molecular flexibility index (Phi) is 3.38. The van der Waals surface area contributed by atoms with Gasteiger partial charge in [0.1, 0.15) is 11.5 Å². The number of benzene rings is 2. The van der Waals surface area contributed by atoms with Crippen molar-refractivity contribution in [1.29, 1.82) is 0 Å². The van der Waals surface area contributed by atoms with E-state index in [-0.39, 0.29) is 19.0 Å². The molecule has 2 aromatic rings. The van der Waals surface area contributed by atoms with Gasteiger partial charge in [0.05, 0.1) is 5.56 Å². The van der Waals surface area contributed by atoms with E-state index < -0.39 is 0 Å². The molecular weight excluding hydrogens is 240 g/mol. The molecular formula is C16H14O3. The van der Waals surface area contributed by atoms with Gasteiger partial charge in [-0.3, -0.25) is 4.79 Å². The first kappa shape index (κ1) is 12.9. The van der Waals surface area contributed by atoms with Crippen LogP contribution in [-0.2, 0) is 0 Å². The summed E-state index contributed by atoms with van der Waals surface area (Å²) in [5.74, 6) is 0.979. The normalized spacial score (nSPS) is 14.7. The third-order valence-electron chi connectivity index (χ3n) is 2.77.